The molecule has 0 aliphatic carbocycles. The summed E-state index contributed by atoms with van der Waals surface area (Å²) in [5.41, 5.74) is 1.18. The predicted molar refractivity (Wildman–Crippen MR) is 77.4 cm³/mol. The number of methoxy groups -OCH3 is 3. The normalized spacial score (nSPS) is 10.1. The third kappa shape index (κ3) is 2.91. The van der Waals surface area contributed by atoms with Crippen molar-refractivity contribution in [1.29, 1.82) is 0 Å². The molecule has 7 heteroatoms. The van der Waals surface area contributed by atoms with Gasteiger partial charge in [0.05, 0.1) is 26.9 Å². The molecule has 1 aromatic heterocycles. The van der Waals surface area contributed by atoms with Crippen LogP contribution in [0.2, 0.25) is 0 Å². The van der Waals surface area contributed by atoms with Crippen LogP contribution in [0.1, 0.15) is 16.1 Å². The summed E-state index contributed by atoms with van der Waals surface area (Å²) in [5.74, 6) is 1.25. The van der Waals surface area contributed by atoms with E-state index >= 15 is 0 Å². The summed E-state index contributed by atoms with van der Waals surface area (Å²) in [5, 5.41) is 9.40. The molecule has 0 atom stereocenters. The molecule has 0 spiro atoms. The number of ether oxygens (including phenoxy) is 3. The number of carbonyl (C=O) groups is 1. The lowest BCUT2D eigenvalue weighted by molar-refractivity contribution is 0.102. The quantitative estimate of drug-likeness (QED) is 0.880. The van der Waals surface area contributed by atoms with Crippen LogP contribution in [0, 0.1) is 6.92 Å². The monoisotopic (exact) mass is 291 g/mol. The number of amides is 1. The van der Waals surface area contributed by atoms with Crippen LogP contribution in [-0.2, 0) is 0 Å². The van der Waals surface area contributed by atoms with E-state index in [4.69, 9.17) is 14.2 Å². The number of hydrogen-bond donors (Lipinski definition) is 2. The van der Waals surface area contributed by atoms with Gasteiger partial charge in [0.25, 0.3) is 5.91 Å². The first-order valence-electron chi connectivity index (χ1n) is 6.23. The summed E-state index contributed by atoms with van der Waals surface area (Å²) in [6.45, 7) is 1.85. The highest BCUT2D eigenvalue weighted by Crippen LogP contribution is 2.39. The summed E-state index contributed by atoms with van der Waals surface area (Å²) < 4.78 is 15.7. The summed E-state index contributed by atoms with van der Waals surface area (Å²) in [7, 11) is 4.47. The van der Waals surface area contributed by atoms with E-state index in [-0.39, 0.29) is 5.91 Å². The van der Waals surface area contributed by atoms with Gasteiger partial charge in [-0.15, -0.1) is 0 Å². The minimum Gasteiger partial charge on any atom is -0.493 e. The molecule has 7 nitrogen and oxygen atoms in total. The van der Waals surface area contributed by atoms with E-state index in [1.807, 2.05) is 6.92 Å². The Hall–Kier alpha value is -2.70. The zero-order valence-corrected chi connectivity index (χ0v) is 12.3. The number of aryl methyl sites for hydroxylation is 1. The minimum atomic E-state index is -0.348. The van der Waals surface area contributed by atoms with Crippen LogP contribution < -0.4 is 19.5 Å². The molecule has 2 rings (SSSR count). The Morgan fingerprint density at radius 3 is 2.38 bits per heavy atom. The Labute approximate surface area is 122 Å². The number of aromatic amines is 1. The number of nitrogens with one attached hydrogen (secondary N) is 2. The molecule has 21 heavy (non-hydrogen) atoms. The molecular formula is C14H17N3O4. The second-order valence-corrected chi connectivity index (χ2v) is 4.27. The molecule has 2 N–H and O–H groups in total. The standard InChI is InChI=1S/C14H17N3O4/c1-8-7-11(17-16-8)15-14(18)9-5-6-10(19-2)13(21-4)12(9)20-3/h5-7H,1-4H3,(H2,15,16,17,18). The fourth-order valence-electron chi connectivity index (χ4n) is 1.95. The van der Waals surface area contributed by atoms with Crippen molar-refractivity contribution in [2.45, 2.75) is 6.92 Å². The van der Waals surface area contributed by atoms with Gasteiger partial charge in [-0.25, -0.2) is 0 Å². The molecule has 0 saturated heterocycles. The van der Waals surface area contributed by atoms with Crippen molar-refractivity contribution < 1.29 is 19.0 Å². The van der Waals surface area contributed by atoms with Gasteiger partial charge in [0.1, 0.15) is 0 Å². The average Bonchev–Trinajstić information content (AvgIpc) is 2.90. The average molecular weight is 291 g/mol. The largest absolute Gasteiger partial charge is 0.493 e. The maximum atomic E-state index is 12.3. The molecule has 1 amide bonds. The fraction of sp³-hybridized carbons (Fsp3) is 0.286. The van der Waals surface area contributed by atoms with Gasteiger partial charge < -0.3 is 19.5 Å². The van der Waals surface area contributed by atoms with E-state index in [9.17, 15) is 4.79 Å². The first kappa shape index (κ1) is 14.7. The van der Waals surface area contributed by atoms with E-state index < -0.39 is 0 Å². The third-order valence-corrected chi connectivity index (χ3v) is 2.90. The second-order valence-electron chi connectivity index (χ2n) is 4.27. The van der Waals surface area contributed by atoms with Gasteiger partial charge in [0.15, 0.2) is 17.3 Å². The van der Waals surface area contributed by atoms with Crippen molar-refractivity contribution in [2.24, 2.45) is 0 Å². The van der Waals surface area contributed by atoms with E-state index in [1.165, 1.54) is 21.3 Å². The SMILES string of the molecule is COc1ccc(C(=O)Nc2cc(C)[nH]n2)c(OC)c1OC. The van der Waals surface area contributed by atoms with Gasteiger partial charge in [0, 0.05) is 11.8 Å². The van der Waals surface area contributed by atoms with E-state index in [0.717, 1.165) is 5.69 Å². The number of nitrogens with zero attached hydrogens (tertiary/aromatic N) is 1. The molecule has 0 saturated carbocycles. The van der Waals surface area contributed by atoms with Crippen LogP contribution in [-0.4, -0.2) is 37.4 Å². The number of benzene rings is 1. The maximum absolute atomic E-state index is 12.3. The molecule has 0 radical (unpaired) electrons. The van der Waals surface area contributed by atoms with Crippen molar-refractivity contribution in [3.05, 3.63) is 29.5 Å². The number of aromatic nitrogens is 2. The van der Waals surface area contributed by atoms with Crippen molar-refractivity contribution >= 4 is 11.7 Å². The van der Waals surface area contributed by atoms with Crippen molar-refractivity contribution in [3.63, 3.8) is 0 Å². The number of hydrogen-bond acceptors (Lipinski definition) is 5. The lowest BCUT2D eigenvalue weighted by atomic mass is 10.1. The van der Waals surface area contributed by atoms with Crippen LogP contribution in [0.15, 0.2) is 18.2 Å². The van der Waals surface area contributed by atoms with E-state index in [2.05, 4.69) is 15.5 Å². The van der Waals surface area contributed by atoms with Crippen LogP contribution in [0.4, 0.5) is 5.82 Å². The van der Waals surface area contributed by atoms with Gasteiger partial charge in [0.2, 0.25) is 5.75 Å². The highest BCUT2D eigenvalue weighted by atomic mass is 16.5. The molecule has 0 aliphatic heterocycles. The topological polar surface area (TPSA) is 85.5 Å². The Morgan fingerprint density at radius 2 is 1.86 bits per heavy atom. The molecule has 0 fully saturated rings. The van der Waals surface area contributed by atoms with Crippen molar-refractivity contribution in [2.75, 3.05) is 26.6 Å². The second kappa shape index (κ2) is 6.17. The van der Waals surface area contributed by atoms with Crippen LogP contribution in [0.5, 0.6) is 17.2 Å². The molecule has 0 aliphatic rings. The van der Waals surface area contributed by atoms with Crippen molar-refractivity contribution in [1.82, 2.24) is 10.2 Å². The summed E-state index contributed by atoms with van der Waals surface area (Å²) in [6.07, 6.45) is 0. The molecule has 0 unspecified atom stereocenters. The highest BCUT2D eigenvalue weighted by molar-refractivity contribution is 6.06. The Balaban J connectivity index is 2.36. The zero-order valence-electron chi connectivity index (χ0n) is 12.3. The van der Waals surface area contributed by atoms with Crippen LogP contribution >= 0.6 is 0 Å². The van der Waals surface area contributed by atoms with Gasteiger partial charge in [-0.05, 0) is 19.1 Å². The van der Waals surface area contributed by atoms with E-state index in [0.29, 0.717) is 28.6 Å². The Kier molecular flexibility index (Phi) is 4.32. The lowest BCUT2D eigenvalue weighted by Gasteiger charge is -2.15. The summed E-state index contributed by atoms with van der Waals surface area (Å²) in [6, 6.07) is 4.98. The molecule has 1 heterocycles. The number of H-pyrrole nitrogens is 1. The third-order valence-electron chi connectivity index (χ3n) is 2.90. The Bertz CT molecular complexity index is 652. The van der Waals surface area contributed by atoms with Gasteiger partial charge in [-0.1, -0.05) is 0 Å². The summed E-state index contributed by atoms with van der Waals surface area (Å²) >= 11 is 0. The molecule has 0 bridgehead atoms. The predicted octanol–water partition coefficient (Wildman–Crippen LogP) is 2.00. The smallest absolute Gasteiger partial charge is 0.260 e. The number of rotatable bonds is 5. The lowest BCUT2D eigenvalue weighted by Crippen LogP contribution is -2.14. The van der Waals surface area contributed by atoms with E-state index in [1.54, 1.807) is 18.2 Å². The number of anilines is 1. The van der Waals surface area contributed by atoms with Gasteiger partial charge >= 0.3 is 0 Å². The van der Waals surface area contributed by atoms with Crippen LogP contribution in [0.25, 0.3) is 0 Å². The first-order valence-corrected chi connectivity index (χ1v) is 6.23. The Morgan fingerprint density at radius 1 is 1.14 bits per heavy atom. The molecule has 112 valence electrons. The maximum Gasteiger partial charge on any atom is 0.260 e. The highest BCUT2D eigenvalue weighted by Gasteiger charge is 2.21. The van der Waals surface area contributed by atoms with Crippen molar-refractivity contribution in [3.8, 4) is 17.2 Å². The minimum absolute atomic E-state index is 0.307. The zero-order chi connectivity index (χ0) is 15.4. The molecule has 1 aromatic carbocycles. The van der Waals surface area contributed by atoms with Gasteiger partial charge in [-0.3, -0.25) is 9.89 Å². The molecule has 2 aromatic rings. The van der Waals surface area contributed by atoms with Crippen LogP contribution in [0.3, 0.4) is 0 Å². The summed E-state index contributed by atoms with van der Waals surface area (Å²) in [4.78, 5) is 12.3. The fourth-order valence-corrected chi connectivity index (χ4v) is 1.95. The number of carbonyl (C=O) groups excluding carboxylic acids is 1. The molecular weight excluding hydrogens is 274 g/mol. The van der Waals surface area contributed by atoms with Gasteiger partial charge in [-0.2, -0.15) is 5.10 Å². The first-order chi connectivity index (χ1) is 10.1.